The molecular formula is C10H16N4. The predicted molar refractivity (Wildman–Crippen MR) is 58.4 cm³/mol. The molecule has 0 amide bonds. The van der Waals surface area contributed by atoms with Crippen LogP contribution >= 0.6 is 0 Å². The van der Waals surface area contributed by atoms with Crippen LogP contribution in [-0.2, 0) is 0 Å². The van der Waals surface area contributed by atoms with Crippen molar-refractivity contribution >= 4 is 12.0 Å². The van der Waals surface area contributed by atoms with E-state index in [1.807, 2.05) is 12.2 Å². The van der Waals surface area contributed by atoms with Gasteiger partial charge in [0.25, 0.3) is 0 Å². The maximum Gasteiger partial charge on any atom is 0.219 e. The number of nitrogen functional groups attached to an aromatic ring is 1. The summed E-state index contributed by atoms with van der Waals surface area (Å²) in [6, 6.07) is 0.237. The lowest BCUT2D eigenvalue weighted by molar-refractivity contribution is 0.660. The molecule has 1 atom stereocenters. The molecule has 0 aliphatic carbocycles. The van der Waals surface area contributed by atoms with Gasteiger partial charge in [0.2, 0.25) is 5.95 Å². The fourth-order valence-electron chi connectivity index (χ4n) is 0.980. The van der Waals surface area contributed by atoms with E-state index in [1.54, 1.807) is 12.4 Å². The van der Waals surface area contributed by atoms with Gasteiger partial charge in [0.1, 0.15) is 0 Å². The van der Waals surface area contributed by atoms with Crippen molar-refractivity contribution in [1.82, 2.24) is 9.97 Å². The number of nitrogens with two attached hydrogens (primary N) is 2. The third kappa shape index (κ3) is 3.53. The molecule has 0 aromatic carbocycles. The normalized spacial score (nSPS) is 13.3. The van der Waals surface area contributed by atoms with Crippen molar-refractivity contribution in [2.75, 3.05) is 5.73 Å². The summed E-state index contributed by atoms with van der Waals surface area (Å²) in [5, 5.41) is 0. The smallest absolute Gasteiger partial charge is 0.219 e. The van der Waals surface area contributed by atoms with Gasteiger partial charge in [-0.1, -0.05) is 19.1 Å². The summed E-state index contributed by atoms with van der Waals surface area (Å²) in [6.45, 7) is 2.07. The van der Waals surface area contributed by atoms with Crippen LogP contribution in [0.2, 0.25) is 0 Å². The van der Waals surface area contributed by atoms with Gasteiger partial charge in [0, 0.05) is 24.0 Å². The fraction of sp³-hybridized carbons (Fsp3) is 0.400. The minimum atomic E-state index is 0.237. The Bertz CT molecular complexity index is 291. The molecule has 0 fully saturated rings. The Hall–Kier alpha value is -1.42. The third-order valence-electron chi connectivity index (χ3n) is 1.97. The SMILES string of the molecule is CCC(N)CC=Cc1cnc(N)nc1. The van der Waals surface area contributed by atoms with Gasteiger partial charge in [-0.05, 0) is 12.8 Å². The highest BCUT2D eigenvalue weighted by Crippen LogP contribution is 2.02. The number of nitrogens with zero attached hydrogens (tertiary/aromatic N) is 2. The second-order valence-electron chi connectivity index (χ2n) is 3.18. The molecule has 4 heteroatoms. The molecule has 76 valence electrons. The molecule has 0 aliphatic heterocycles. The summed E-state index contributed by atoms with van der Waals surface area (Å²) in [5.74, 6) is 0.299. The van der Waals surface area contributed by atoms with E-state index >= 15 is 0 Å². The molecule has 4 N–H and O–H groups in total. The molecule has 0 spiro atoms. The second-order valence-corrected chi connectivity index (χ2v) is 3.18. The maximum absolute atomic E-state index is 5.76. The average Bonchev–Trinajstić information content (AvgIpc) is 2.21. The monoisotopic (exact) mass is 192 g/mol. The first-order valence-corrected chi connectivity index (χ1v) is 4.72. The van der Waals surface area contributed by atoms with Crippen LogP contribution in [0, 0.1) is 0 Å². The Kier molecular flexibility index (Phi) is 4.07. The summed E-state index contributed by atoms with van der Waals surface area (Å²) in [5.41, 5.74) is 12.1. The van der Waals surface area contributed by atoms with Crippen molar-refractivity contribution in [3.8, 4) is 0 Å². The standard InChI is InChI=1S/C10H16N4/c1-2-9(11)5-3-4-8-6-13-10(12)14-7-8/h3-4,6-7,9H,2,5,11H2,1H3,(H2,12,13,14). The van der Waals surface area contributed by atoms with E-state index in [-0.39, 0.29) is 6.04 Å². The second kappa shape index (κ2) is 5.34. The van der Waals surface area contributed by atoms with Crippen LogP contribution in [0.15, 0.2) is 18.5 Å². The summed E-state index contributed by atoms with van der Waals surface area (Å²) < 4.78 is 0. The van der Waals surface area contributed by atoms with Crippen LogP contribution in [0.25, 0.3) is 6.08 Å². The van der Waals surface area contributed by atoms with Crippen LogP contribution in [0.5, 0.6) is 0 Å². The number of anilines is 1. The predicted octanol–water partition coefficient (Wildman–Crippen LogP) is 1.20. The van der Waals surface area contributed by atoms with Gasteiger partial charge in [-0.2, -0.15) is 0 Å². The summed E-state index contributed by atoms with van der Waals surface area (Å²) >= 11 is 0. The first kappa shape index (κ1) is 10.7. The van der Waals surface area contributed by atoms with E-state index in [1.165, 1.54) is 0 Å². The Morgan fingerprint density at radius 2 is 2.07 bits per heavy atom. The molecule has 1 aromatic rings. The van der Waals surface area contributed by atoms with Crippen molar-refractivity contribution in [3.63, 3.8) is 0 Å². The minimum absolute atomic E-state index is 0.237. The number of rotatable bonds is 4. The number of aromatic nitrogens is 2. The molecule has 0 saturated heterocycles. The molecule has 14 heavy (non-hydrogen) atoms. The quantitative estimate of drug-likeness (QED) is 0.751. The van der Waals surface area contributed by atoms with Gasteiger partial charge < -0.3 is 11.5 Å². The summed E-state index contributed by atoms with van der Waals surface area (Å²) in [6.07, 6.45) is 9.23. The Morgan fingerprint density at radius 3 is 2.64 bits per heavy atom. The van der Waals surface area contributed by atoms with Gasteiger partial charge in [-0.3, -0.25) is 0 Å². The van der Waals surface area contributed by atoms with E-state index < -0.39 is 0 Å². The molecule has 4 nitrogen and oxygen atoms in total. The molecule has 0 bridgehead atoms. The average molecular weight is 192 g/mol. The lowest BCUT2D eigenvalue weighted by atomic mass is 10.1. The molecular weight excluding hydrogens is 176 g/mol. The third-order valence-corrected chi connectivity index (χ3v) is 1.97. The topological polar surface area (TPSA) is 77.8 Å². The van der Waals surface area contributed by atoms with Crippen LogP contribution in [0.1, 0.15) is 25.3 Å². The minimum Gasteiger partial charge on any atom is -0.368 e. The van der Waals surface area contributed by atoms with E-state index in [4.69, 9.17) is 11.5 Å². The highest BCUT2D eigenvalue weighted by atomic mass is 15.0. The van der Waals surface area contributed by atoms with Crippen LogP contribution < -0.4 is 11.5 Å². The molecule has 0 aliphatic rings. The lowest BCUT2D eigenvalue weighted by Crippen LogP contribution is -2.16. The van der Waals surface area contributed by atoms with E-state index in [0.29, 0.717) is 5.95 Å². The fourth-order valence-corrected chi connectivity index (χ4v) is 0.980. The molecule has 0 radical (unpaired) electrons. The van der Waals surface area contributed by atoms with Gasteiger partial charge in [-0.25, -0.2) is 9.97 Å². The zero-order valence-corrected chi connectivity index (χ0v) is 8.35. The highest BCUT2D eigenvalue weighted by Gasteiger charge is 1.94. The van der Waals surface area contributed by atoms with E-state index in [0.717, 1.165) is 18.4 Å². The molecule has 1 aromatic heterocycles. The van der Waals surface area contributed by atoms with Crippen LogP contribution in [0.4, 0.5) is 5.95 Å². The van der Waals surface area contributed by atoms with Crippen LogP contribution in [0.3, 0.4) is 0 Å². The number of hydrogen-bond acceptors (Lipinski definition) is 4. The maximum atomic E-state index is 5.76. The lowest BCUT2D eigenvalue weighted by Gasteiger charge is -2.02. The van der Waals surface area contributed by atoms with Gasteiger partial charge >= 0.3 is 0 Å². The Labute approximate surface area is 84.1 Å². The van der Waals surface area contributed by atoms with Crippen molar-refractivity contribution < 1.29 is 0 Å². The Morgan fingerprint density at radius 1 is 1.43 bits per heavy atom. The molecule has 1 heterocycles. The van der Waals surface area contributed by atoms with Crippen LogP contribution in [-0.4, -0.2) is 16.0 Å². The largest absolute Gasteiger partial charge is 0.368 e. The highest BCUT2D eigenvalue weighted by molar-refractivity contribution is 5.47. The van der Waals surface area contributed by atoms with E-state index in [2.05, 4.69) is 16.9 Å². The van der Waals surface area contributed by atoms with Crippen molar-refractivity contribution in [3.05, 3.63) is 24.0 Å². The Balaban J connectivity index is 2.48. The molecule has 1 rings (SSSR count). The zero-order valence-electron chi connectivity index (χ0n) is 8.35. The van der Waals surface area contributed by atoms with Gasteiger partial charge in [-0.15, -0.1) is 0 Å². The van der Waals surface area contributed by atoms with Crippen molar-refractivity contribution in [2.45, 2.75) is 25.8 Å². The first-order chi connectivity index (χ1) is 6.72. The molecule has 0 saturated carbocycles. The van der Waals surface area contributed by atoms with E-state index in [9.17, 15) is 0 Å². The number of hydrogen-bond donors (Lipinski definition) is 2. The summed E-state index contributed by atoms with van der Waals surface area (Å²) in [4.78, 5) is 7.76. The van der Waals surface area contributed by atoms with Gasteiger partial charge in [0.15, 0.2) is 0 Å². The zero-order chi connectivity index (χ0) is 10.4. The van der Waals surface area contributed by atoms with Crippen molar-refractivity contribution in [2.24, 2.45) is 5.73 Å². The molecule has 1 unspecified atom stereocenters. The summed E-state index contributed by atoms with van der Waals surface area (Å²) in [7, 11) is 0. The first-order valence-electron chi connectivity index (χ1n) is 4.72. The van der Waals surface area contributed by atoms with Crippen molar-refractivity contribution in [1.29, 1.82) is 0 Å². The van der Waals surface area contributed by atoms with Gasteiger partial charge in [0.05, 0.1) is 0 Å².